The van der Waals surface area contributed by atoms with Crippen molar-refractivity contribution in [3.05, 3.63) is 42.0 Å². The lowest BCUT2D eigenvalue weighted by Crippen LogP contribution is -1.86. The smallest absolute Gasteiger partial charge is 0.0130 e. The second kappa shape index (κ2) is 7.88. The Morgan fingerprint density at radius 1 is 1.06 bits per heavy atom. The number of aryl methyl sites for hydroxylation is 1. The number of unbranched alkanes of at least 4 members (excludes halogenated alkanes) is 4. The van der Waals surface area contributed by atoms with Crippen molar-refractivity contribution in [1.82, 2.24) is 0 Å². The fourth-order valence-corrected chi connectivity index (χ4v) is 2.14. The van der Waals surface area contributed by atoms with Crippen LogP contribution >= 0.6 is 22.6 Å². The fraction of sp³-hybridized carbons (Fsp3) is 0.467. The number of hydrogen-bond donors (Lipinski definition) is 0. The van der Waals surface area contributed by atoms with Gasteiger partial charge in [-0.15, -0.1) is 0 Å². The lowest BCUT2D eigenvalue weighted by atomic mass is 10.0. The van der Waals surface area contributed by atoms with Crippen LogP contribution in [0.1, 0.15) is 50.2 Å². The van der Waals surface area contributed by atoms with Gasteiger partial charge in [0.15, 0.2) is 0 Å². The van der Waals surface area contributed by atoms with E-state index in [0.29, 0.717) is 0 Å². The molecule has 1 aromatic rings. The maximum absolute atomic E-state index is 3.94. The summed E-state index contributed by atoms with van der Waals surface area (Å²) < 4.78 is 1.12. The monoisotopic (exact) mass is 328 g/mol. The van der Waals surface area contributed by atoms with Crippen LogP contribution in [0.15, 0.2) is 30.8 Å². The quantitative estimate of drug-likeness (QED) is 0.451. The van der Waals surface area contributed by atoms with Crippen LogP contribution in [0.25, 0.3) is 3.58 Å². The highest BCUT2D eigenvalue weighted by atomic mass is 127. The Labute approximate surface area is 113 Å². The van der Waals surface area contributed by atoms with Gasteiger partial charge in [0.1, 0.15) is 0 Å². The molecule has 0 aliphatic carbocycles. The average molecular weight is 328 g/mol. The third-order valence-corrected chi connectivity index (χ3v) is 3.46. The molecule has 1 aromatic carbocycles. The summed E-state index contributed by atoms with van der Waals surface area (Å²) in [4.78, 5) is 0. The van der Waals surface area contributed by atoms with Crippen molar-refractivity contribution >= 4 is 26.2 Å². The molecular weight excluding hydrogens is 307 g/mol. The molecule has 0 nitrogen and oxygen atoms in total. The molecule has 0 fully saturated rings. The molecule has 0 aliphatic rings. The van der Waals surface area contributed by atoms with Crippen LogP contribution in [0.5, 0.6) is 0 Å². The molecule has 0 aromatic heterocycles. The summed E-state index contributed by atoms with van der Waals surface area (Å²) in [5.74, 6) is 0. The van der Waals surface area contributed by atoms with E-state index in [1.165, 1.54) is 49.7 Å². The van der Waals surface area contributed by atoms with Crippen molar-refractivity contribution in [2.24, 2.45) is 0 Å². The standard InChI is InChI=1S/C15H21I/c1-3-4-5-6-7-8-14-9-11-15(12-10-14)13(2)16/h9-12H,2-8H2,1H3. The molecule has 0 radical (unpaired) electrons. The molecule has 0 atom stereocenters. The van der Waals surface area contributed by atoms with Gasteiger partial charge in [-0.1, -0.05) is 63.5 Å². The Balaban J connectivity index is 2.29. The van der Waals surface area contributed by atoms with Crippen LogP contribution < -0.4 is 0 Å². The maximum atomic E-state index is 3.94. The third kappa shape index (κ3) is 5.15. The zero-order valence-corrected chi connectivity index (χ0v) is 12.3. The van der Waals surface area contributed by atoms with Crippen molar-refractivity contribution in [3.8, 4) is 0 Å². The van der Waals surface area contributed by atoms with Crippen LogP contribution in [0.3, 0.4) is 0 Å². The van der Waals surface area contributed by atoms with E-state index in [4.69, 9.17) is 0 Å². The Kier molecular flexibility index (Phi) is 6.78. The molecule has 16 heavy (non-hydrogen) atoms. The van der Waals surface area contributed by atoms with Gasteiger partial charge in [0.05, 0.1) is 0 Å². The highest BCUT2D eigenvalue weighted by Crippen LogP contribution is 2.20. The zero-order chi connectivity index (χ0) is 11.8. The third-order valence-electron chi connectivity index (χ3n) is 2.84. The van der Waals surface area contributed by atoms with Crippen LogP contribution in [0.4, 0.5) is 0 Å². The van der Waals surface area contributed by atoms with Crippen molar-refractivity contribution in [2.45, 2.75) is 45.4 Å². The molecule has 0 saturated carbocycles. The van der Waals surface area contributed by atoms with Crippen molar-refractivity contribution in [1.29, 1.82) is 0 Å². The molecule has 1 heteroatoms. The average Bonchev–Trinajstić information content (AvgIpc) is 2.29. The minimum atomic E-state index is 1.12. The first-order chi connectivity index (χ1) is 7.74. The predicted molar refractivity (Wildman–Crippen MR) is 82.0 cm³/mol. The minimum Gasteiger partial charge on any atom is -0.0850 e. The van der Waals surface area contributed by atoms with Crippen LogP contribution in [-0.4, -0.2) is 0 Å². The van der Waals surface area contributed by atoms with Crippen LogP contribution in [-0.2, 0) is 6.42 Å². The fourth-order valence-electron chi connectivity index (χ4n) is 1.78. The Bertz CT molecular complexity index is 311. The lowest BCUT2D eigenvalue weighted by Gasteiger charge is -2.03. The maximum Gasteiger partial charge on any atom is 0.0130 e. The summed E-state index contributed by atoms with van der Waals surface area (Å²) in [7, 11) is 0. The van der Waals surface area contributed by atoms with Gasteiger partial charge in [-0.25, -0.2) is 0 Å². The number of hydrogen-bond acceptors (Lipinski definition) is 0. The molecule has 0 bridgehead atoms. The first-order valence-corrected chi connectivity index (χ1v) is 7.25. The largest absolute Gasteiger partial charge is 0.0850 e. The number of benzene rings is 1. The van der Waals surface area contributed by atoms with Crippen LogP contribution in [0, 0.1) is 0 Å². The minimum absolute atomic E-state index is 1.12. The Morgan fingerprint density at radius 2 is 1.69 bits per heavy atom. The molecular formula is C15H21I. The molecule has 88 valence electrons. The number of rotatable bonds is 7. The van der Waals surface area contributed by atoms with E-state index in [9.17, 15) is 0 Å². The summed E-state index contributed by atoms with van der Waals surface area (Å²) in [6, 6.07) is 8.82. The van der Waals surface area contributed by atoms with E-state index in [1.807, 2.05) is 0 Å². The molecule has 0 N–H and O–H groups in total. The highest BCUT2D eigenvalue weighted by molar-refractivity contribution is 14.1. The van der Waals surface area contributed by atoms with Gasteiger partial charge < -0.3 is 0 Å². The zero-order valence-electron chi connectivity index (χ0n) is 10.1. The summed E-state index contributed by atoms with van der Waals surface area (Å²) >= 11 is 2.27. The van der Waals surface area contributed by atoms with Gasteiger partial charge in [0, 0.05) is 3.58 Å². The molecule has 0 unspecified atom stereocenters. The van der Waals surface area contributed by atoms with Gasteiger partial charge >= 0.3 is 0 Å². The van der Waals surface area contributed by atoms with Gasteiger partial charge in [0.2, 0.25) is 0 Å². The van der Waals surface area contributed by atoms with E-state index in [0.717, 1.165) is 3.58 Å². The Morgan fingerprint density at radius 3 is 2.25 bits per heavy atom. The van der Waals surface area contributed by atoms with Crippen molar-refractivity contribution in [3.63, 3.8) is 0 Å². The van der Waals surface area contributed by atoms with E-state index in [2.05, 4.69) is 60.4 Å². The predicted octanol–water partition coefficient (Wildman–Crippen LogP) is 5.61. The first kappa shape index (κ1) is 13.8. The second-order valence-electron chi connectivity index (χ2n) is 4.27. The van der Waals surface area contributed by atoms with E-state index < -0.39 is 0 Å². The molecule has 0 saturated heterocycles. The molecule has 0 spiro atoms. The van der Waals surface area contributed by atoms with Crippen molar-refractivity contribution in [2.75, 3.05) is 0 Å². The Hall–Kier alpha value is -0.310. The summed E-state index contributed by atoms with van der Waals surface area (Å²) in [6.45, 7) is 6.20. The lowest BCUT2D eigenvalue weighted by molar-refractivity contribution is 0.632. The summed E-state index contributed by atoms with van der Waals surface area (Å²) in [5.41, 5.74) is 2.70. The topological polar surface area (TPSA) is 0 Å². The van der Waals surface area contributed by atoms with Crippen molar-refractivity contribution < 1.29 is 0 Å². The van der Waals surface area contributed by atoms with E-state index in [-0.39, 0.29) is 0 Å². The first-order valence-electron chi connectivity index (χ1n) is 6.17. The second-order valence-corrected chi connectivity index (χ2v) is 5.57. The SMILES string of the molecule is C=C(I)c1ccc(CCCCCCC)cc1. The van der Waals surface area contributed by atoms with E-state index in [1.54, 1.807) is 0 Å². The molecule has 0 amide bonds. The van der Waals surface area contributed by atoms with Gasteiger partial charge in [-0.2, -0.15) is 0 Å². The molecule has 0 aliphatic heterocycles. The number of halogens is 1. The van der Waals surface area contributed by atoms with Crippen LogP contribution in [0.2, 0.25) is 0 Å². The van der Waals surface area contributed by atoms with E-state index >= 15 is 0 Å². The van der Waals surface area contributed by atoms with Gasteiger partial charge in [-0.05, 0) is 46.6 Å². The normalized spacial score (nSPS) is 10.4. The summed E-state index contributed by atoms with van der Waals surface area (Å²) in [5, 5.41) is 0. The molecule has 1 rings (SSSR count). The molecule has 0 heterocycles. The summed E-state index contributed by atoms with van der Waals surface area (Å²) in [6.07, 6.45) is 8.01. The highest BCUT2D eigenvalue weighted by Gasteiger charge is 1.96. The van der Waals surface area contributed by atoms with Gasteiger partial charge in [-0.3, -0.25) is 0 Å². The van der Waals surface area contributed by atoms with Gasteiger partial charge in [0.25, 0.3) is 0 Å².